The maximum atomic E-state index is 13.1. The molecule has 0 nitrogen and oxygen atoms in total. The molecule has 0 fully saturated rings. The summed E-state index contributed by atoms with van der Waals surface area (Å²) in [6.45, 7) is 2.07. The highest BCUT2D eigenvalue weighted by atomic mass is 35.5. The van der Waals surface area contributed by atoms with Crippen LogP contribution in [-0.2, 0) is 12.3 Å². The molecule has 0 aliphatic heterocycles. The van der Waals surface area contributed by atoms with Gasteiger partial charge in [0, 0.05) is 10.6 Å². The lowest BCUT2D eigenvalue weighted by Gasteiger charge is -2.02. The van der Waals surface area contributed by atoms with Gasteiger partial charge in [0.2, 0.25) is 0 Å². The number of fused-ring (bicyclic) bond motifs is 1. The topological polar surface area (TPSA) is 0 Å². The third kappa shape index (κ3) is 1.53. The van der Waals surface area contributed by atoms with Crippen LogP contribution >= 0.6 is 22.9 Å². The Hall–Kier alpha value is -0.600. The van der Waals surface area contributed by atoms with Crippen molar-refractivity contribution in [3.8, 4) is 0 Å². The van der Waals surface area contributed by atoms with E-state index in [1.807, 2.05) is 12.1 Å². The van der Waals surface area contributed by atoms with E-state index in [0.29, 0.717) is 5.88 Å². The zero-order valence-corrected chi connectivity index (χ0v) is 9.38. The molecule has 0 saturated carbocycles. The van der Waals surface area contributed by atoms with E-state index in [2.05, 4.69) is 6.92 Å². The van der Waals surface area contributed by atoms with Crippen molar-refractivity contribution in [2.24, 2.45) is 0 Å². The lowest BCUT2D eigenvalue weighted by atomic mass is 10.1. The van der Waals surface area contributed by atoms with Crippen molar-refractivity contribution in [3.05, 3.63) is 34.5 Å². The molecule has 0 bridgehead atoms. The number of aryl methyl sites for hydroxylation is 1. The first kappa shape index (κ1) is 9.94. The van der Waals surface area contributed by atoms with Gasteiger partial charge in [-0.1, -0.05) is 19.1 Å². The van der Waals surface area contributed by atoms with Crippen LogP contribution < -0.4 is 0 Å². The van der Waals surface area contributed by atoms with Crippen LogP contribution in [0.25, 0.3) is 10.1 Å². The summed E-state index contributed by atoms with van der Waals surface area (Å²) in [5.41, 5.74) is 2.21. The standard InChI is InChI=1S/C11H10ClFS/c1-2-7-3-4-8(6-12)11-9(7)5-10(13)14-11/h3-5H,2,6H2,1H3. The minimum atomic E-state index is -0.132. The molecule has 0 unspecified atom stereocenters. The average Bonchev–Trinajstić information content (AvgIpc) is 2.57. The first-order chi connectivity index (χ1) is 6.76. The number of benzene rings is 1. The number of hydrogen-bond acceptors (Lipinski definition) is 1. The Labute approximate surface area is 91.3 Å². The Morgan fingerprint density at radius 1 is 1.36 bits per heavy atom. The summed E-state index contributed by atoms with van der Waals surface area (Å²) in [6.07, 6.45) is 0.926. The van der Waals surface area contributed by atoms with Crippen LogP contribution in [-0.4, -0.2) is 0 Å². The van der Waals surface area contributed by atoms with Crippen LogP contribution in [0.2, 0.25) is 0 Å². The van der Waals surface area contributed by atoms with E-state index in [9.17, 15) is 4.39 Å². The SMILES string of the molecule is CCc1ccc(CCl)c2sc(F)cc12. The van der Waals surface area contributed by atoms with E-state index >= 15 is 0 Å². The molecule has 0 aliphatic rings. The lowest BCUT2D eigenvalue weighted by molar-refractivity contribution is 0.658. The van der Waals surface area contributed by atoms with E-state index in [0.717, 1.165) is 22.1 Å². The first-order valence-electron chi connectivity index (χ1n) is 4.52. The predicted molar refractivity (Wildman–Crippen MR) is 60.7 cm³/mol. The molecule has 14 heavy (non-hydrogen) atoms. The van der Waals surface area contributed by atoms with Gasteiger partial charge in [-0.3, -0.25) is 0 Å². The molecule has 0 radical (unpaired) electrons. The summed E-state index contributed by atoms with van der Waals surface area (Å²) in [6, 6.07) is 5.63. The molecule has 3 heteroatoms. The maximum absolute atomic E-state index is 13.1. The van der Waals surface area contributed by atoms with Gasteiger partial charge in [0.25, 0.3) is 0 Å². The van der Waals surface area contributed by atoms with Gasteiger partial charge >= 0.3 is 0 Å². The fourth-order valence-electron chi connectivity index (χ4n) is 1.62. The minimum absolute atomic E-state index is 0.132. The zero-order chi connectivity index (χ0) is 10.1. The smallest absolute Gasteiger partial charge is 0.177 e. The fraction of sp³-hybridized carbons (Fsp3) is 0.273. The molecule has 0 aliphatic carbocycles. The molecule has 0 atom stereocenters. The fourth-order valence-corrected chi connectivity index (χ4v) is 2.86. The Morgan fingerprint density at radius 2 is 2.07 bits per heavy atom. The molecule has 74 valence electrons. The Balaban J connectivity index is 2.77. The summed E-state index contributed by atoms with van der Waals surface area (Å²) in [4.78, 5) is 0. The van der Waals surface area contributed by atoms with E-state index in [4.69, 9.17) is 11.6 Å². The van der Waals surface area contributed by atoms with Crippen LogP contribution in [0.15, 0.2) is 18.2 Å². The summed E-state index contributed by atoms with van der Waals surface area (Å²) in [5.74, 6) is 0.445. The summed E-state index contributed by atoms with van der Waals surface area (Å²) in [7, 11) is 0. The predicted octanol–water partition coefficient (Wildman–Crippen LogP) is 4.34. The van der Waals surface area contributed by atoms with Crippen LogP contribution in [0.5, 0.6) is 0 Å². The van der Waals surface area contributed by atoms with Gasteiger partial charge in [0.1, 0.15) is 0 Å². The van der Waals surface area contributed by atoms with Gasteiger partial charge in [0.15, 0.2) is 5.13 Å². The number of rotatable bonds is 2. The first-order valence-corrected chi connectivity index (χ1v) is 5.87. The van der Waals surface area contributed by atoms with Crippen LogP contribution in [0, 0.1) is 5.13 Å². The largest absolute Gasteiger partial charge is 0.195 e. The van der Waals surface area contributed by atoms with Crippen LogP contribution in [0.3, 0.4) is 0 Å². The molecule has 0 N–H and O–H groups in total. The highest BCUT2D eigenvalue weighted by molar-refractivity contribution is 7.17. The second-order valence-corrected chi connectivity index (χ2v) is 4.43. The van der Waals surface area contributed by atoms with E-state index < -0.39 is 0 Å². The van der Waals surface area contributed by atoms with Crippen LogP contribution in [0.4, 0.5) is 4.39 Å². The molecule has 0 amide bonds. The molecule has 2 rings (SSSR count). The monoisotopic (exact) mass is 228 g/mol. The van der Waals surface area contributed by atoms with Crippen molar-refractivity contribution in [1.29, 1.82) is 0 Å². The van der Waals surface area contributed by atoms with Gasteiger partial charge in [-0.25, -0.2) is 0 Å². The van der Waals surface area contributed by atoms with Crippen LogP contribution in [0.1, 0.15) is 18.1 Å². The molecule has 1 aromatic heterocycles. The minimum Gasteiger partial charge on any atom is -0.195 e. The summed E-state index contributed by atoms with van der Waals surface area (Å²) in [5, 5.41) is 0.889. The molecule has 1 aromatic carbocycles. The lowest BCUT2D eigenvalue weighted by Crippen LogP contribution is -1.84. The second kappa shape index (κ2) is 3.87. The van der Waals surface area contributed by atoms with Crippen molar-refractivity contribution in [3.63, 3.8) is 0 Å². The molecular formula is C11H10ClFS. The summed E-state index contributed by atoms with van der Waals surface area (Å²) >= 11 is 6.98. The Bertz CT molecular complexity index is 421. The van der Waals surface area contributed by atoms with Crippen molar-refractivity contribution in [1.82, 2.24) is 0 Å². The Morgan fingerprint density at radius 3 is 2.71 bits per heavy atom. The molecule has 1 heterocycles. The van der Waals surface area contributed by atoms with Gasteiger partial charge in [0.05, 0.1) is 0 Å². The van der Waals surface area contributed by atoms with Crippen molar-refractivity contribution in [2.45, 2.75) is 19.2 Å². The van der Waals surface area contributed by atoms with E-state index in [-0.39, 0.29) is 5.13 Å². The van der Waals surface area contributed by atoms with Gasteiger partial charge in [-0.15, -0.1) is 22.9 Å². The second-order valence-electron chi connectivity index (χ2n) is 3.16. The highest BCUT2D eigenvalue weighted by Crippen LogP contribution is 2.31. The van der Waals surface area contributed by atoms with Gasteiger partial charge < -0.3 is 0 Å². The average molecular weight is 229 g/mol. The van der Waals surface area contributed by atoms with Crippen molar-refractivity contribution < 1.29 is 4.39 Å². The maximum Gasteiger partial charge on any atom is 0.177 e. The zero-order valence-electron chi connectivity index (χ0n) is 7.81. The van der Waals surface area contributed by atoms with Crippen molar-refractivity contribution >= 4 is 33.0 Å². The quantitative estimate of drug-likeness (QED) is 0.671. The van der Waals surface area contributed by atoms with E-state index in [1.165, 1.54) is 16.9 Å². The molecule has 0 spiro atoms. The third-order valence-electron chi connectivity index (χ3n) is 2.35. The van der Waals surface area contributed by atoms with Crippen molar-refractivity contribution in [2.75, 3.05) is 0 Å². The number of alkyl halides is 1. The Kier molecular flexibility index (Phi) is 2.75. The van der Waals surface area contributed by atoms with Gasteiger partial charge in [-0.05, 0) is 29.0 Å². The highest BCUT2D eigenvalue weighted by Gasteiger charge is 2.08. The van der Waals surface area contributed by atoms with Gasteiger partial charge in [-0.2, -0.15) is 4.39 Å². The third-order valence-corrected chi connectivity index (χ3v) is 3.64. The molecular weight excluding hydrogens is 219 g/mol. The molecule has 0 saturated heterocycles. The number of hydrogen-bond donors (Lipinski definition) is 0. The van der Waals surface area contributed by atoms with E-state index in [1.54, 1.807) is 6.07 Å². The number of thiophene rings is 1. The molecule has 2 aromatic rings. The number of halogens is 2. The normalized spacial score (nSPS) is 11.1. The summed E-state index contributed by atoms with van der Waals surface area (Å²) < 4.78 is 14.1.